The second-order valence-corrected chi connectivity index (χ2v) is 10.4. The second-order valence-electron chi connectivity index (χ2n) is 8.29. The number of hydrogen-bond acceptors (Lipinski definition) is 5. The van der Waals surface area contributed by atoms with Gasteiger partial charge in [-0.3, -0.25) is 0 Å². The van der Waals surface area contributed by atoms with Gasteiger partial charge in [0, 0.05) is 26.4 Å². The molecule has 0 aliphatic heterocycles. The summed E-state index contributed by atoms with van der Waals surface area (Å²) in [5.74, 6) is 1.46. The Labute approximate surface area is 162 Å². The fourth-order valence-electron chi connectivity index (χ4n) is 3.40. The second kappa shape index (κ2) is 13.2. The molecule has 4 unspecified atom stereocenters. The van der Waals surface area contributed by atoms with E-state index < -0.39 is 9.28 Å². The number of hydrogen-bond donors (Lipinski definition) is 1. The summed E-state index contributed by atoms with van der Waals surface area (Å²) in [6.07, 6.45) is 3.27. The van der Waals surface area contributed by atoms with Crippen LogP contribution in [0.25, 0.3) is 0 Å². The van der Waals surface area contributed by atoms with Crippen molar-refractivity contribution in [3.8, 4) is 0 Å². The van der Waals surface area contributed by atoms with Crippen LogP contribution >= 0.6 is 0 Å². The minimum Gasteiger partial charge on any atom is -0.395 e. The Bertz CT molecular complexity index is 347. The molecule has 156 valence electrons. The molecular formula is C20H42O5Si. The quantitative estimate of drug-likeness (QED) is 0.488. The first-order chi connectivity index (χ1) is 12.4. The molecule has 0 heterocycles. The molecule has 1 N–H and O–H groups in total. The molecule has 5 nitrogen and oxygen atoms in total. The highest BCUT2D eigenvalue weighted by molar-refractivity contribution is 6.46. The first-order valence-electron chi connectivity index (χ1n) is 10.5. The highest BCUT2D eigenvalue weighted by Gasteiger charge is 2.35. The minimum absolute atomic E-state index is 0.0544. The van der Waals surface area contributed by atoms with E-state index in [9.17, 15) is 5.11 Å². The summed E-state index contributed by atoms with van der Waals surface area (Å²) in [5, 5.41) is 10.3. The van der Waals surface area contributed by atoms with Crippen LogP contribution in [-0.2, 0) is 18.3 Å². The van der Waals surface area contributed by atoms with Crippen LogP contribution in [0.15, 0.2) is 0 Å². The molecular weight excluding hydrogens is 348 g/mol. The molecule has 26 heavy (non-hydrogen) atoms. The van der Waals surface area contributed by atoms with E-state index in [1.807, 2.05) is 13.8 Å². The summed E-state index contributed by atoms with van der Waals surface area (Å²) >= 11 is 0. The van der Waals surface area contributed by atoms with Crippen molar-refractivity contribution in [2.75, 3.05) is 26.4 Å². The van der Waals surface area contributed by atoms with E-state index in [-0.39, 0.29) is 17.9 Å². The van der Waals surface area contributed by atoms with E-state index in [1.54, 1.807) is 0 Å². The lowest BCUT2D eigenvalue weighted by molar-refractivity contribution is -0.0832. The van der Waals surface area contributed by atoms with E-state index in [0.717, 1.165) is 32.3 Å². The van der Waals surface area contributed by atoms with Crippen molar-refractivity contribution in [3.63, 3.8) is 0 Å². The summed E-state index contributed by atoms with van der Waals surface area (Å²) in [6, 6.07) is 0. The van der Waals surface area contributed by atoms with E-state index in [4.69, 9.17) is 18.3 Å². The highest BCUT2D eigenvalue weighted by atomic mass is 28.3. The Balaban J connectivity index is 2.68. The number of ether oxygens (including phenoxy) is 2. The van der Waals surface area contributed by atoms with Gasteiger partial charge in [-0.05, 0) is 57.3 Å². The van der Waals surface area contributed by atoms with Crippen LogP contribution < -0.4 is 0 Å². The van der Waals surface area contributed by atoms with Crippen molar-refractivity contribution in [1.29, 1.82) is 0 Å². The average Bonchev–Trinajstić information content (AvgIpc) is 2.58. The fraction of sp³-hybridized carbons (Fsp3) is 1.00. The van der Waals surface area contributed by atoms with E-state index >= 15 is 0 Å². The lowest BCUT2D eigenvalue weighted by Gasteiger charge is -2.36. The van der Waals surface area contributed by atoms with Gasteiger partial charge in [-0.25, -0.2) is 0 Å². The largest absolute Gasteiger partial charge is 0.395 e. The van der Waals surface area contributed by atoms with Crippen molar-refractivity contribution in [2.45, 2.75) is 85.2 Å². The molecule has 0 aromatic heterocycles. The van der Waals surface area contributed by atoms with Crippen molar-refractivity contribution < 1.29 is 23.4 Å². The number of aliphatic hydroxyl groups excluding tert-OH is 1. The van der Waals surface area contributed by atoms with E-state index in [0.29, 0.717) is 37.6 Å². The normalized spacial score (nSPS) is 25.4. The molecule has 0 radical (unpaired) electrons. The van der Waals surface area contributed by atoms with Gasteiger partial charge in [0.25, 0.3) is 0 Å². The predicted octanol–water partition coefficient (Wildman–Crippen LogP) is 3.45. The maximum Gasteiger partial charge on any atom is 0.351 e. The van der Waals surface area contributed by atoms with Gasteiger partial charge in [0.15, 0.2) is 0 Å². The summed E-state index contributed by atoms with van der Waals surface area (Å²) in [6.45, 7) is 15.4. The smallest absolute Gasteiger partial charge is 0.351 e. The van der Waals surface area contributed by atoms with Crippen molar-refractivity contribution in [1.82, 2.24) is 0 Å². The molecule has 0 bridgehead atoms. The first-order valence-corrected chi connectivity index (χ1v) is 12.1. The molecule has 1 saturated carbocycles. The third-order valence-corrected chi connectivity index (χ3v) is 7.08. The van der Waals surface area contributed by atoms with Crippen molar-refractivity contribution in [2.24, 2.45) is 17.8 Å². The van der Waals surface area contributed by atoms with Gasteiger partial charge in [-0.1, -0.05) is 27.7 Å². The van der Waals surface area contributed by atoms with Gasteiger partial charge >= 0.3 is 9.28 Å². The molecule has 0 aromatic rings. The van der Waals surface area contributed by atoms with Gasteiger partial charge < -0.3 is 23.4 Å². The highest BCUT2D eigenvalue weighted by Crippen LogP contribution is 2.31. The van der Waals surface area contributed by atoms with Gasteiger partial charge in [0.2, 0.25) is 0 Å². The van der Waals surface area contributed by atoms with Crippen LogP contribution in [-0.4, -0.2) is 58.8 Å². The third kappa shape index (κ3) is 9.29. The molecule has 0 aromatic carbocycles. The number of aliphatic hydroxyl groups is 1. The van der Waals surface area contributed by atoms with Crippen LogP contribution in [0.3, 0.4) is 0 Å². The molecule has 1 fully saturated rings. The Morgan fingerprint density at radius 3 is 2.12 bits per heavy atom. The maximum absolute atomic E-state index is 10.3. The van der Waals surface area contributed by atoms with Crippen LogP contribution in [0.4, 0.5) is 0 Å². The zero-order valence-corrected chi connectivity index (χ0v) is 18.9. The van der Waals surface area contributed by atoms with Crippen molar-refractivity contribution in [3.05, 3.63) is 0 Å². The first kappa shape index (κ1) is 24.1. The Morgan fingerprint density at radius 1 is 0.962 bits per heavy atom. The van der Waals surface area contributed by atoms with Crippen LogP contribution in [0.1, 0.15) is 67.2 Å². The Hall–Kier alpha value is 0.0169. The Morgan fingerprint density at radius 2 is 1.58 bits per heavy atom. The molecule has 1 aliphatic rings. The van der Waals surface area contributed by atoms with Gasteiger partial charge in [0.1, 0.15) is 0 Å². The van der Waals surface area contributed by atoms with Crippen molar-refractivity contribution >= 4 is 9.28 Å². The van der Waals surface area contributed by atoms with E-state index in [2.05, 4.69) is 27.7 Å². The summed E-state index contributed by atoms with van der Waals surface area (Å²) < 4.78 is 24.1. The molecule has 1 rings (SSSR count). The topological polar surface area (TPSA) is 57.2 Å². The summed E-state index contributed by atoms with van der Waals surface area (Å²) in [7, 11) is -1.87. The van der Waals surface area contributed by atoms with Gasteiger partial charge in [-0.15, -0.1) is 0 Å². The van der Waals surface area contributed by atoms with Gasteiger partial charge in [-0.2, -0.15) is 0 Å². The van der Waals surface area contributed by atoms with E-state index in [1.165, 1.54) is 0 Å². The maximum atomic E-state index is 10.3. The molecule has 1 aliphatic carbocycles. The summed E-state index contributed by atoms with van der Waals surface area (Å²) in [5.41, 5.74) is 0.0586. The van der Waals surface area contributed by atoms with Crippen LogP contribution in [0.5, 0.6) is 0 Å². The SMILES string of the molecule is CCO[SiH](OCC)C(CC1CCC(O)C(OCC(C)C)C1)OCC(C)C. The zero-order valence-electron chi connectivity index (χ0n) is 17.8. The number of rotatable bonds is 13. The molecule has 0 spiro atoms. The minimum atomic E-state index is -1.87. The Kier molecular flexibility index (Phi) is 12.2. The van der Waals surface area contributed by atoms with Gasteiger partial charge in [0.05, 0.1) is 17.9 Å². The van der Waals surface area contributed by atoms with Crippen LogP contribution in [0, 0.1) is 17.8 Å². The zero-order chi connectivity index (χ0) is 19.5. The fourth-order valence-corrected chi connectivity index (χ4v) is 5.46. The molecule has 0 amide bonds. The molecule has 4 atom stereocenters. The summed E-state index contributed by atoms with van der Waals surface area (Å²) in [4.78, 5) is 0. The lowest BCUT2D eigenvalue weighted by Crippen LogP contribution is -2.44. The predicted molar refractivity (Wildman–Crippen MR) is 108 cm³/mol. The lowest BCUT2D eigenvalue weighted by atomic mass is 9.83. The molecule has 0 saturated heterocycles. The van der Waals surface area contributed by atoms with Crippen LogP contribution in [0.2, 0.25) is 0 Å². The third-order valence-electron chi connectivity index (χ3n) is 4.68. The standard InChI is InChI=1S/C20H42O5Si/c1-7-24-26(25-8-2)20(23-14-16(5)6)12-17-9-10-18(21)19(11-17)22-13-15(3)4/h15-21,26H,7-14H2,1-6H3. The average molecular weight is 391 g/mol. The monoisotopic (exact) mass is 390 g/mol. The molecule has 6 heteroatoms.